The van der Waals surface area contributed by atoms with Crippen LogP contribution in [0.2, 0.25) is 0 Å². The maximum atomic E-state index is 13.3. The molecule has 0 aliphatic heterocycles. The van der Waals surface area contributed by atoms with Crippen LogP contribution in [-0.4, -0.2) is 22.4 Å². The molecule has 2 aromatic rings. The highest BCUT2D eigenvalue weighted by Crippen LogP contribution is 2.05. The van der Waals surface area contributed by atoms with Crippen molar-refractivity contribution in [1.29, 1.82) is 0 Å². The number of nitrogens with zero attached hydrogens (tertiary/aromatic N) is 2. The van der Waals surface area contributed by atoms with Crippen molar-refractivity contribution in [2.45, 2.75) is 6.42 Å². The molecule has 5 heteroatoms. The summed E-state index contributed by atoms with van der Waals surface area (Å²) in [6.07, 6.45) is 5.42. The van der Waals surface area contributed by atoms with Crippen LogP contribution in [0.1, 0.15) is 15.9 Å². The monoisotopic (exact) mass is 245 g/mol. The molecule has 0 bridgehead atoms. The second-order valence-corrected chi connectivity index (χ2v) is 3.73. The summed E-state index contributed by atoms with van der Waals surface area (Å²) < 4.78 is 13.3. The molecule has 1 heterocycles. The number of aromatic nitrogens is 2. The predicted molar refractivity (Wildman–Crippen MR) is 64.5 cm³/mol. The fraction of sp³-hybridized carbons (Fsp3) is 0.154. The smallest absolute Gasteiger partial charge is 0.254 e. The molecule has 0 radical (unpaired) electrons. The Morgan fingerprint density at radius 3 is 2.67 bits per heavy atom. The Hall–Kier alpha value is -2.30. The molecule has 1 aromatic carbocycles. The molecular weight excluding hydrogens is 233 g/mol. The molecule has 0 saturated heterocycles. The van der Waals surface area contributed by atoms with E-state index < -0.39 is 11.7 Å². The predicted octanol–water partition coefficient (Wildman–Crippen LogP) is 1.59. The number of hydrogen-bond acceptors (Lipinski definition) is 3. The molecule has 92 valence electrons. The van der Waals surface area contributed by atoms with E-state index >= 15 is 0 Å². The zero-order valence-electron chi connectivity index (χ0n) is 9.64. The highest BCUT2D eigenvalue weighted by atomic mass is 19.1. The van der Waals surface area contributed by atoms with Gasteiger partial charge in [0.25, 0.3) is 5.91 Å². The molecule has 0 spiro atoms. The Morgan fingerprint density at radius 1 is 1.22 bits per heavy atom. The standard InChI is InChI=1S/C13H12FN3O/c14-12-4-2-1-3-11(12)13(18)17-6-5-10-7-15-9-16-8-10/h1-4,7-9H,5-6H2,(H,17,18). The Balaban J connectivity index is 1.88. The number of carbonyl (C=O) groups is 1. The lowest BCUT2D eigenvalue weighted by molar-refractivity contribution is 0.0950. The van der Waals surface area contributed by atoms with Gasteiger partial charge in [-0.3, -0.25) is 4.79 Å². The van der Waals surface area contributed by atoms with E-state index in [1.54, 1.807) is 24.5 Å². The van der Waals surface area contributed by atoms with E-state index in [4.69, 9.17) is 0 Å². The molecule has 1 amide bonds. The third kappa shape index (κ3) is 3.10. The summed E-state index contributed by atoms with van der Waals surface area (Å²) in [6.45, 7) is 0.417. The lowest BCUT2D eigenvalue weighted by Crippen LogP contribution is -2.26. The van der Waals surface area contributed by atoms with Crippen LogP contribution in [0.15, 0.2) is 43.0 Å². The fourth-order valence-electron chi connectivity index (χ4n) is 1.52. The fourth-order valence-corrected chi connectivity index (χ4v) is 1.52. The number of hydrogen-bond donors (Lipinski definition) is 1. The van der Waals surface area contributed by atoms with Gasteiger partial charge in [0, 0.05) is 18.9 Å². The first kappa shape index (κ1) is 12.2. The van der Waals surface area contributed by atoms with Gasteiger partial charge in [-0.2, -0.15) is 0 Å². The molecule has 0 aliphatic carbocycles. The summed E-state index contributed by atoms with van der Waals surface area (Å²) in [4.78, 5) is 19.4. The Bertz CT molecular complexity index is 531. The van der Waals surface area contributed by atoms with Crippen LogP contribution in [0.25, 0.3) is 0 Å². The van der Waals surface area contributed by atoms with Crippen molar-refractivity contribution in [3.63, 3.8) is 0 Å². The second kappa shape index (κ2) is 5.86. The van der Waals surface area contributed by atoms with Gasteiger partial charge in [0.1, 0.15) is 12.1 Å². The van der Waals surface area contributed by atoms with Crippen LogP contribution < -0.4 is 5.32 Å². The van der Waals surface area contributed by atoms with Crippen molar-refractivity contribution in [3.05, 3.63) is 59.9 Å². The van der Waals surface area contributed by atoms with E-state index in [0.717, 1.165) is 5.56 Å². The summed E-state index contributed by atoms with van der Waals surface area (Å²) in [5.74, 6) is -0.928. The van der Waals surface area contributed by atoms with Crippen molar-refractivity contribution >= 4 is 5.91 Å². The number of nitrogens with one attached hydrogen (secondary N) is 1. The minimum absolute atomic E-state index is 0.0572. The van der Waals surface area contributed by atoms with Crippen LogP contribution in [-0.2, 0) is 6.42 Å². The maximum Gasteiger partial charge on any atom is 0.254 e. The van der Waals surface area contributed by atoms with E-state index in [0.29, 0.717) is 13.0 Å². The Morgan fingerprint density at radius 2 is 1.94 bits per heavy atom. The second-order valence-electron chi connectivity index (χ2n) is 3.73. The van der Waals surface area contributed by atoms with Gasteiger partial charge in [0.15, 0.2) is 0 Å². The van der Waals surface area contributed by atoms with Gasteiger partial charge in [-0.15, -0.1) is 0 Å². The minimum atomic E-state index is -0.516. The van der Waals surface area contributed by atoms with E-state index in [1.807, 2.05) is 0 Å². The summed E-state index contributed by atoms with van der Waals surface area (Å²) >= 11 is 0. The molecule has 0 fully saturated rings. The summed E-state index contributed by atoms with van der Waals surface area (Å²) in [7, 11) is 0. The van der Waals surface area contributed by atoms with Crippen LogP contribution in [0, 0.1) is 5.82 Å². The third-order valence-corrected chi connectivity index (χ3v) is 2.43. The zero-order chi connectivity index (χ0) is 12.8. The first-order valence-electron chi connectivity index (χ1n) is 5.54. The topological polar surface area (TPSA) is 54.9 Å². The van der Waals surface area contributed by atoms with Gasteiger partial charge >= 0.3 is 0 Å². The van der Waals surface area contributed by atoms with Gasteiger partial charge in [0.05, 0.1) is 5.56 Å². The molecular formula is C13H12FN3O. The van der Waals surface area contributed by atoms with Gasteiger partial charge in [-0.25, -0.2) is 14.4 Å². The van der Waals surface area contributed by atoms with E-state index in [1.165, 1.54) is 18.5 Å². The zero-order valence-corrected chi connectivity index (χ0v) is 9.64. The number of benzene rings is 1. The van der Waals surface area contributed by atoms with Crippen molar-refractivity contribution in [3.8, 4) is 0 Å². The van der Waals surface area contributed by atoms with Gasteiger partial charge in [-0.1, -0.05) is 12.1 Å². The van der Waals surface area contributed by atoms with E-state index in [-0.39, 0.29) is 5.56 Å². The van der Waals surface area contributed by atoms with Gasteiger partial charge in [0.2, 0.25) is 0 Å². The lowest BCUT2D eigenvalue weighted by atomic mass is 10.2. The number of halogens is 1. The van der Waals surface area contributed by atoms with Crippen molar-refractivity contribution in [2.24, 2.45) is 0 Å². The minimum Gasteiger partial charge on any atom is -0.352 e. The number of amides is 1. The first-order chi connectivity index (χ1) is 8.77. The average Bonchev–Trinajstić information content (AvgIpc) is 2.40. The molecule has 1 N–H and O–H groups in total. The van der Waals surface area contributed by atoms with Crippen LogP contribution in [0.5, 0.6) is 0 Å². The Kier molecular flexibility index (Phi) is 3.96. The van der Waals surface area contributed by atoms with E-state index in [9.17, 15) is 9.18 Å². The average molecular weight is 245 g/mol. The number of carbonyl (C=O) groups excluding carboxylic acids is 1. The highest BCUT2D eigenvalue weighted by Gasteiger charge is 2.09. The molecule has 0 unspecified atom stereocenters. The molecule has 0 saturated carbocycles. The van der Waals surface area contributed by atoms with Crippen molar-refractivity contribution in [1.82, 2.24) is 15.3 Å². The molecule has 4 nitrogen and oxygen atoms in total. The normalized spacial score (nSPS) is 10.1. The molecule has 2 rings (SSSR count). The van der Waals surface area contributed by atoms with Crippen molar-refractivity contribution in [2.75, 3.05) is 6.54 Å². The summed E-state index contributed by atoms with van der Waals surface area (Å²) in [6, 6.07) is 5.90. The molecule has 0 atom stereocenters. The van der Waals surface area contributed by atoms with Crippen LogP contribution in [0.3, 0.4) is 0 Å². The molecule has 0 aliphatic rings. The summed E-state index contributed by atoms with van der Waals surface area (Å²) in [5, 5.41) is 2.65. The number of rotatable bonds is 4. The third-order valence-electron chi connectivity index (χ3n) is 2.43. The maximum absolute atomic E-state index is 13.3. The van der Waals surface area contributed by atoms with E-state index in [2.05, 4.69) is 15.3 Å². The highest BCUT2D eigenvalue weighted by molar-refractivity contribution is 5.94. The Labute approximate surface area is 104 Å². The van der Waals surface area contributed by atoms with Crippen LogP contribution in [0.4, 0.5) is 4.39 Å². The van der Waals surface area contributed by atoms with Gasteiger partial charge < -0.3 is 5.32 Å². The first-order valence-corrected chi connectivity index (χ1v) is 5.54. The van der Waals surface area contributed by atoms with Gasteiger partial charge in [-0.05, 0) is 24.1 Å². The lowest BCUT2D eigenvalue weighted by Gasteiger charge is -2.05. The van der Waals surface area contributed by atoms with Crippen LogP contribution >= 0.6 is 0 Å². The quantitative estimate of drug-likeness (QED) is 0.889. The van der Waals surface area contributed by atoms with Crippen molar-refractivity contribution < 1.29 is 9.18 Å². The molecule has 1 aromatic heterocycles. The summed E-state index contributed by atoms with van der Waals surface area (Å²) in [5.41, 5.74) is 0.980. The molecule has 18 heavy (non-hydrogen) atoms. The SMILES string of the molecule is O=C(NCCc1cncnc1)c1ccccc1F. The largest absolute Gasteiger partial charge is 0.352 e.